The van der Waals surface area contributed by atoms with Crippen LogP contribution in [0.15, 0.2) is 48.9 Å². The van der Waals surface area contributed by atoms with E-state index in [-0.39, 0.29) is 24.1 Å². The lowest BCUT2D eigenvalue weighted by molar-refractivity contribution is 0.116. The van der Waals surface area contributed by atoms with Crippen LogP contribution in [0, 0.1) is 5.82 Å². The zero-order valence-electron chi connectivity index (χ0n) is 23.5. The molecule has 0 aliphatic carbocycles. The monoisotopic (exact) mass is 627 g/mol. The number of thiazole rings is 1. The lowest BCUT2D eigenvalue weighted by atomic mass is 10.1. The minimum Gasteiger partial charge on any atom is -0.495 e. The normalized spacial score (nSPS) is 13.5. The van der Waals surface area contributed by atoms with Gasteiger partial charge in [-0.15, -0.1) is 11.3 Å². The Morgan fingerprint density at radius 2 is 1.84 bits per heavy atom. The van der Waals surface area contributed by atoms with Crippen LogP contribution in [0.25, 0.3) is 31.7 Å². The molecular weight excluding hydrogens is 601 g/mol. The van der Waals surface area contributed by atoms with E-state index >= 15 is 4.39 Å². The number of amides is 1. The smallest absolute Gasteiger partial charge is 0.412 e. The zero-order chi connectivity index (χ0) is 30.8. The molecule has 3 heterocycles. The summed E-state index contributed by atoms with van der Waals surface area (Å²) in [6.07, 6.45) is 1.42. The van der Waals surface area contributed by atoms with Crippen molar-refractivity contribution in [2.45, 2.75) is 39.0 Å². The summed E-state index contributed by atoms with van der Waals surface area (Å²) in [5, 5.41) is 21.2. The molecule has 2 N–H and O–H groups in total. The van der Waals surface area contributed by atoms with Crippen molar-refractivity contribution in [3.05, 3.63) is 59.8 Å². The number of ether oxygens (including phenoxy) is 3. The lowest BCUT2D eigenvalue weighted by Gasteiger charge is -2.30. The number of nitrogens with zero attached hydrogens (tertiary/aromatic N) is 5. The van der Waals surface area contributed by atoms with Crippen LogP contribution < -0.4 is 19.1 Å². The van der Waals surface area contributed by atoms with Crippen LogP contribution in [0.1, 0.15) is 20.8 Å². The lowest BCUT2D eigenvalue weighted by Crippen LogP contribution is -2.46. The number of fused-ring (bicyclic) bond motifs is 2. The molecule has 0 unspecified atom stereocenters. The quantitative estimate of drug-likeness (QED) is 0.184. The third kappa shape index (κ3) is 6.53. The highest BCUT2D eigenvalue weighted by molar-refractivity contribution is 7.21. The maximum Gasteiger partial charge on any atom is 0.412 e. The maximum atomic E-state index is 15.2. The van der Waals surface area contributed by atoms with Crippen LogP contribution in [0.5, 0.6) is 17.5 Å². The van der Waals surface area contributed by atoms with Gasteiger partial charge in [0.1, 0.15) is 23.5 Å². The van der Waals surface area contributed by atoms with Gasteiger partial charge in [0.25, 0.3) is 0 Å². The van der Waals surface area contributed by atoms with Crippen LogP contribution in [0.3, 0.4) is 0 Å². The molecule has 0 bridgehead atoms. The summed E-state index contributed by atoms with van der Waals surface area (Å²) in [5.74, 6) is -0.110. The average molecular weight is 628 g/mol. The van der Waals surface area contributed by atoms with Crippen LogP contribution in [-0.4, -0.2) is 68.2 Å². The van der Waals surface area contributed by atoms with Crippen LogP contribution in [-0.2, 0) is 0 Å². The zero-order valence-corrected chi connectivity index (χ0v) is 25.1. The van der Waals surface area contributed by atoms with Crippen molar-refractivity contribution in [2.24, 2.45) is 0 Å². The minimum absolute atomic E-state index is 0.00693. The molecular formula is C29H27ClFN5O6S. The largest absolute Gasteiger partial charge is 0.495 e. The Kier molecular flexibility index (Phi) is 8.76. The summed E-state index contributed by atoms with van der Waals surface area (Å²) in [6, 6.07) is 7.41. The molecule has 0 aliphatic rings. The molecule has 0 radical (unpaired) electrons. The van der Waals surface area contributed by atoms with Crippen molar-refractivity contribution < 1.29 is 33.6 Å². The summed E-state index contributed by atoms with van der Waals surface area (Å²) in [6.45, 7) is 4.81. The average Bonchev–Trinajstić information content (AvgIpc) is 3.38. The number of benzene rings is 2. The first kappa shape index (κ1) is 30.1. The molecule has 0 saturated carbocycles. The first-order valence-corrected chi connectivity index (χ1v) is 14.3. The molecule has 1 amide bonds. The standard InChI is InChI=1S/C29H27ClFN5O6S/c1-14(37)13-41-28-33-10-19(11-34-28)36(29(38)39)15(2)16(3)42-24-9-25-23(8-22(24)31)35-27(43-25)21-7-18(30)5-17-6-20(40-4)12-32-26(17)21/h5-12,14-16,37H,13H2,1-4H3,(H,38,39)/t14-,15+,16-/m0/s1. The van der Waals surface area contributed by atoms with Crippen LogP contribution in [0.4, 0.5) is 14.9 Å². The third-order valence-corrected chi connectivity index (χ3v) is 7.85. The number of aliphatic hydroxyl groups excluding tert-OH is 1. The van der Waals surface area contributed by atoms with E-state index in [9.17, 15) is 15.0 Å². The van der Waals surface area contributed by atoms with Crippen molar-refractivity contribution in [1.82, 2.24) is 19.9 Å². The van der Waals surface area contributed by atoms with E-state index in [2.05, 4.69) is 19.9 Å². The van der Waals surface area contributed by atoms with Crippen molar-refractivity contribution in [3.8, 4) is 28.1 Å². The van der Waals surface area contributed by atoms with Crippen molar-refractivity contribution in [1.29, 1.82) is 0 Å². The van der Waals surface area contributed by atoms with Crippen molar-refractivity contribution in [3.63, 3.8) is 0 Å². The first-order chi connectivity index (χ1) is 20.5. The second-order valence-corrected chi connectivity index (χ2v) is 11.2. The molecule has 5 aromatic rings. The van der Waals surface area contributed by atoms with Gasteiger partial charge in [-0.25, -0.2) is 24.1 Å². The van der Waals surface area contributed by atoms with Gasteiger partial charge in [-0.1, -0.05) is 11.6 Å². The topological polar surface area (TPSA) is 140 Å². The summed E-state index contributed by atoms with van der Waals surface area (Å²) < 4.78 is 32.3. The molecule has 2 aromatic carbocycles. The number of aliphatic hydroxyl groups is 1. The predicted octanol–water partition coefficient (Wildman–Crippen LogP) is 6.20. The summed E-state index contributed by atoms with van der Waals surface area (Å²) in [5.41, 5.74) is 1.96. The Labute approximate surface area is 254 Å². The molecule has 11 nitrogen and oxygen atoms in total. The number of carbonyl (C=O) groups is 1. The minimum atomic E-state index is -1.27. The van der Waals surface area contributed by atoms with Gasteiger partial charge < -0.3 is 24.4 Å². The molecule has 43 heavy (non-hydrogen) atoms. The Hall–Kier alpha value is -4.33. The van der Waals surface area contributed by atoms with E-state index in [0.717, 1.165) is 10.3 Å². The van der Waals surface area contributed by atoms with E-state index in [0.29, 0.717) is 37.1 Å². The summed E-state index contributed by atoms with van der Waals surface area (Å²) in [4.78, 5) is 30.4. The maximum absolute atomic E-state index is 15.2. The molecule has 0 aliphatic heterocycles. The Morgan fingerprint density at radius 3 is 2.51 bits per heavy atom. The van der Waals surface area contributed by atoms with E-state index in [4.69, 9.17) is 25.8 Å². The molecule has 0 fully saturated rings. The van der Waals surface area contributed by atoms with Crippen molar-refractivity contribution in [2.75, 3.05) is 18.6 Å². The van der Waals surface area contributed by atoms with Gasteiger partial charge >= 0.3 is 12.1 Å². The fourth-order valence-electron chi connectivity index (χ4n) is 4.33. The third-order valence-electron chi connectivity index (χ3n) is 6.58. The van der Waals surface area contributed by atoms with Gasteiger partial charge in [0.05, 0.1) is 59.3 Å². The number of methoxy groups -OCH3 is 1. The van der Waals surface area contributed by atoms with Gasteiger partial charge in [0.2, 0.25) is 0 Å². The molecule has 14 heteroatoms. The van der Waals surface area contributed by atoms with Crippen LogP contribution >= 0.6 is 22.9 Å². The van der Waals surface area contributed by atoms with E-state index in [1.54, 1.807) is 52.3 Å². The molecule has 224 valence electrons. The van der Waals surface area contributed by atoms with Gasteiger partial charge in [0.15, 0.2) is 11.6 Å². The second-order valence-electron chi connectivity index (χ2n) is 9.77. The fraction of sp³-hybridized carbons (Fsp3) is 0.276. The molecule has 0 spiro atoms. The van der Waals surface area contributed by atoms with E-state index in [1.165, 1.54) is 29.8 Å². The highest BCUT2D eigenvalue weighted by Gasteiger charge is 2.29. The van der Waals surface area contributed by atoms with E-state index < -0.39 is 30.2 Å². The molecule has 0 saturated heterocycles. The fourth-order valence-corrected chi connectivity index (χ4v) is 5.55. The number of carboxylic acid groups (broad SMARTS) is 1. The SMILES string of the molecule is COc1cnc2c(-c3nc4cc(F)c(O[C@@H](C)[C@@H](C)N(C(=O)O)c5cnc(OC[C@H](C)O)nc5)cc4s3)cc(Cl)cc2c1. The number of rotatable bonds is 10. The second kappa shape index (κ2) is 12.5. The van der Waals surface area contributed by atoms with Gasteiger partial charge in [-0.05, 0) is 39.0 Å². The van der Waals surface area contributed by atoms with Crippen molar-refractivity contribution >= 4 is 55.8 Å². The van der Waals surface area contributed by atoms with Gasteiger partial charge in [-0.3, -0.25) is 9.88 Å². The number of anilines is 1. The number of aromatic nitrogens is 4. The highest BCUT2D eigenvalue weighted by atomic mass is 35.5. The highest BCUT2D eigenvalue weighted by Crippen LogP contribution is 2.38. The molecule has 3 atom stereocenters. The number of hydrogen-bond acceptors (Lipinski definition) is 10. The molecule has 3 aromatic heterocycles. The Bertz CT molecular complexity index is 1790. The Balaban J connectivity index is 1.39. The first-order valence-electron chi connectivity index (χ1n) is 13.1. The number of halogens is 2. The Morgan fingerprint density at radius 1 is 1.09 bits per heavy atom. The van der Waals surface area contributed by atoms with Crippen LogP contribution in [0.2, 0.25) is 5.02 Å². The van der Waals surface area contributed by atoms with Gasteiger partial charge in [-0.2, -0.15) is 0 Å². The number of pyridine rings is 1. The summed E-state index contributed by atoms with van der Waals surface area (Å²) >= 11 is 7.71. The molecule has 5 rings (SSSR count). The number of hydrogen-bond donors (Lipinski definition) is 2. The summed E-state index contributed by atoms with van der Waals surface area (Å²) in [7, 11) is 1.56. The predicted molar refractivity (Wildman–Crippen MR) is 161 cm³/mol. The van der Waals surface area contributed by atoms with E-state index in [1.807, 2.05) is 6.07 Å². The van der Waals surface area contributed by atoms with Gasteiger partial charge in [0, 0.05) is 28.1 Å².